The van der Waals surface area contributed by atoms with Crippen LogP contribution in [0.5, 0.6) is 5.75 Å². The summed E-state index contributed by atoms with van der Waals surface area (Å²) in [5.41, 5.74) is 4.64. The number of hydrogen-bond acceptors (Lipinski definition) is 6. The molecule has 0 aliphatic carbocycles. The number of rotatable bonds is 4. The van der Waals surface area contributed by atoms with E-state index in [1.165, 1.54) is 11.3 Å². The van der Waals surface area contributed by atoms with Crippen molar-refractivity contribution in [3.05, 3.63) is 48.3 Å². The van der Waals surface area contributed by atoms with Gasteiger partial charge in [0, 0.05) is 56.2 Å². The third-order valence-electron chi connectivity index (χ3n) is 6.10. The summed E-state index contributed by atoms with van der Waals surface area (Å²) >= 11 is 0. The Morgan fingerprint density at radius 3 is 2.59 bits per heavy atom. The van der Waals surface area contributed by atoms with Gasteiger partial charge >= 0.3 is 0 Å². The molecule has 0 amide bonds. The normalized spacial score (nSPS) is 16.9. The van der Waals surface area contributed by atoms with Crippen LogP contribution in [0.4, 0.5) is 11.5 Å². The van der Waals surface area contributed by atoms with E-state index in [9.17, 15) is 0 Å². The topological polar surface area (TPSA) is 59.3 Å². The Bertz CT molecular complexity index is 991. The fraction of sp³-hybridized carbons (Fsp3) is 0.409. The maximum atomic E-state index is 5.44. The molecule has 7 heteroatoms. The molecule has 0 saturated carbocycles. The lowest BCUT2D eigenvalue weighted by atomic mass is 10.0. The zero-order valence-corrected chi connectivity index (χ0v) is 17.0. The maximum absolute atomic E-state index is 5.44. The minimum atomic E-state index is 0.572. The molecule has 0 bridgehead atoms. The summed E-state index contributed by atoms with van der Waals surface area (Å²) in [6, 6.07) is 11.2. The number of ether oxygens (including phenoxy) is 1. The molecule has 0 radical (unpaired) electrons. The number of nitrogens with zero attached hydrogens (tertiary/aromatic N) is 6. The number of aromatic nitrogens is 4. The number of piperidine rings is 1. The molecule has 3 aromatic rings. The van der Waals surface area contributed by atoms with Gasteiger partial charge in [0.05, 0.1) is 19.0 Å². The zero-order valence-electron chi connectivity index (χ0n) is 17.0. The Hall–Kier alpha value is -3.09. The first kappa shape index (κ1) is 18.0. The van der Waals surface area contributed by atoms with Gasteiger partial charge in [0.15, 0.2) is 5.82 Å². The summed E-state index contributed by atoms with van der Waals surface area (Å²) in [6.45, 7) is 3.11. The highest BCUT2D eigenvalue weighted by molar-refractivity contribution is 5.62. The minimum Gasteiger partial charge on any atom is -0.497 e. The van der Waals surface area contributed by atoms with Gasteiger partial charge in [0.25, 0.3) is 0 Å². The van der Waals surface area contributed by atoms with Gasteiger partial charge in [-0.05, 0) is 43.0 Å². The summed E-state index contributed by atoms with van der Waals surface area (Å²) in [4.78, 5) is 4.92. The predicted molar refractivity (Wildman–Crippen MR) is 114 cm³/mol. The van der Waals surface area contributed by atoms with Crippen LogP contribution in [0.2, 0.25) is 0 Å². The van der Waals surface area contributed by atoms with E-state index in [0.29, 0.717) is 6.04 Å². The van der Waals surface area contributed by atoms with Crippen molar-refractivity contribution in [2.75, 3.05) is 36.5 Å². The first-order chi connectivity index (χ1) is 14.2. The van der Waals surface area contributed by atoms with Crippen LogP contribution in [0, 0.1) is 0 Å². The van der Waals surface area contributed by atoms with E-state index in [2.05, 4.69) is 49.4 Å². The Balaban J connectivity index is 1.25. The lowest BCUT2D eigenvalue weighted by molar-refractivity contribution is 0.414. The minimum absolute atomic E-state index is 0.572. The largest absolute Gasteiger partial charge is 0.497 e. The molecule has 7 nitrogen and oxygen atoms in total. The Labute approximate surface area is 170 Å². The highest BCUT2D eigenvalue weighted by Crippen LogP contribution is 2.35. The molecular formula is C22H26N6O. The van der Waals surface area contributed by atoms with E-state index >= 15 is 0 Å². The summed E-state index contributed by atoms with van der Waals surface area (Å²) in [7, 11) is 3.64. The van der Waals surface area contributed by atoms with Crippen molar-refractivity contribution in [1.29, 1.82) is 0 Å². The highest BCUT2D eigenvalue weighted by atomic mass is 16.5. The average Bonchev–Trinajstić information content (AvgIpc) is 3.40. The van der Waals surface area contributed by atoms with Crippen LogP contribution < -0.4 is 14.5 Å². The maximum Gasteiger partial charge on any atom is 0.151 e. The van der Waals surface area contributed by atoms with Gasteiger partial charge in [-0.15, -0.1) is 10.2 Å². The van der Waals surface area contributed by atoms with E-state index in [1.54, 1.807) is 11.8 Å². The quantitative estimate of drug-likeness (QED) is 0.683. The van der Waals surface area contributed by atoms with Crippen molar-refractivity contribution in [1.82, 2.24) is 20.0 Å². The van der Waals surface area contributed by atoms with Crippen molar-refractivity contribution < 1.29 is 4.74 Å². The van der Waals surface area contributed by atoms with Crippen molar-refractivity contribution in [2.45, 2.75) is 25.3 Å². The first-order valence-electron chi connectivity index (χ1n) is 10.2. The standard InChI is InChI=1S/C22H26N6O/c1-26-15-17(14-23-26)20-5-6-22(25-24-20)27-10-8-18(9-11-27)28-12-7-16-3-4-19(29-2)13-21(16)28/h3-6,13-15,18H,7-12H2,1-2H3. The molecule has 2 aromatic heterocycles. The average molecular weight is 390 g/mol. The second-order valence-corrected chi connectivity index (χ2v) is 7.84. The van der Waals surface area contributed by atoms with Gasteiger partial charge < -0.3 is 14.5 Å². The molecule has 150 valence electrons. The molecule has 0 unspecified atom stereocenters. The summed E-state index contributed by atoms with van der Waals surface area (Å²) < 4.78 is 7.22. The SMILES string of the molecule is COc1ccc2c(c1)N(C1CCN(c3ccc(-c4cnn(C)c4)nn3)CC1)CC2. The van der Waals surface area contributed by atoms with Gasteiger partial charge in [-0.2, -0.15) is 5.10 Å². The van der Waals surface area contributed by atoms with Crippen molar-refractivity contribution in [2.24, 2.45) is 7.05 Å². The third-order valence-corrected chi connectivity index (χ3v) is 6.10. The highest BCUT2D eigenvalue weighted by Gasteiger charge is 2.30. The number of anilines is 2. The number of hydrogen-bond donors (Lipinski definition) is 0. The van der Waals surface area contributed by atoms with Crippen molar-refractivity contribution in [3.63, 3.8) is 0 Å². The lowest BCUT2D eigenvalue weighted by Gasteiger charge is -2.38. The van der Waals surface area contributed by atoms with Crippen LogP contribution in [0.1, 0.15) is 18.4 Å². The van der Waals surface area contributed by atoms with Gasteiger partial charge in [0.1, 0.15) is 5.75 Å². The fourth-order valence-electron chi connectivity index (χ4n) is 4.50. The Morgan fingerprint density at radius 2 is 1.90 bits per heavy atom. The van der Waals surface area contributed by atoms with Crippen LogP contribution in [-0.2, 0) is 13.5 Å². The number of methoxy groups -OCH3 is 1. The van der Waals surface area contributed by atoms with Gasteiger partial charge in [-0.1, -0.05) is 6.07 Å². The first-order valence-corrected chi connectivity index (χ1v) is 10.2. The summed E-state index contributed by atoms with van der Waals surface area (Å²) in [6.07, 6.45) is 7.16. The van der Waals surface area contributed by atoms with E-state index in [-0.39, 0.29) is 0 Å². The smallest absolute Gasteiger partial charge is 0.151 e. The third kappa shape index (κ3) is 3.41. The summed E-state index contributed by atoms with van der Waals surface area (Å²) in [5.74, 6) is 1.90. The molecule has 1 aromatic carbocycles. The monoisotopic (exact) mass is 390 g/mol. The number of aryl methyl sites for hydroxylation is 1. The summed E-state index contributed by atoms with van der Waals surface area (Å²) in [5, 5.41) is 13.1. The van der Waals surface area contributed by atoms with E-state index < -0.39 is 0 Å². The van der Waals surface area contributed by atoms with Gasteiger partial charge in [-0.25, -0.2) is 0 Å². The molecular weight excluding hydrogens is 364 g/mol. The van der Waals surface area contributed by atoms with Crippen LogP contribution in [0.3, 0.4) is 0 Å². The Morgan fingerprint density at radius 1 is 1.03 bits per heavy atom. The molecule has 1 fully saturated rings. The van der Waals surface area contributed by atoms with Gasteiger partial charge in [-0.3, -0.25) is 4.68 Å². The molecule has 0 atom stereocenters. The lowest BCUT2D eigenvalue weighted by Crippen LogP contribution is -2.44. The van der Waals surface area contributed by atoms with E-state index in [0.717, 1.165) is 61.7 Å². The van der Waals surface area contributed by atoms with Crippen LogP contribution in [-0.4, -0.2) is 52.8 Å². The van der Waals surface area contributed by atoms with Gasteiger partial charge in [0.2, 0.25) is 0 Å². The number of fused-ring (bicyclic) bond motifs is 1. The van der Waals surface area contributed by atoms with E-state index in [1.807, 2.05) is 25.5 Å². The second kappa shape index (κ2) is 7.39. The molecule has 0 N–H and O–H groups in total. The second-order valence-electron chi connectivity index (χ2n) is 7.84. The molecule has 4 heterocycles. The van der Waals surface area contributed by atoms with Crippen LogP contribution >= 0.6 is 0 Å². The van der Waals surface area contributed by atoms with Crippen LogP contribution in [0.25, 0.3) is 11.3 Å². The predicted octanol–water partition coefficient (Wildman–Crippen LogP) is 2.92. The number of benzene rings is 1. The van der Waals surface area contributed by atoms with Crippen LogP contribution in [0.15, 0.2) is 42.7 Å². The molecule has 2 aliphatic rings. The van der Waals surface area contributed by atoms with E-state index in [4.69, 9.17) is 4.74 Å². The Kier molecular flexibility index (Phi) is 4.58. The van der Waals surface area contributed by atoms with Crippen molar-refractivity contribution >= 4 is 11.5 Å². The molecule has 1 saturated heterocycles. The molecule has 0 spiro atoms. The fourth-order valence-corrected chi connectivity index (χ4v) is 4.50. The molecule has 29 heavy (non-hydrogen) atoms. The zero-order chi connectivity index (χ0) is 19.8. The molecule has 5 rings (SSSR count). The molecule has 2 aliphatic heterocycles. The van der Waals surface area contributed by atoms with Crippen molar-refractivity contribution in [3.8, 4) is 17.0 Å².